The van der Waals surface area contributed by atoms with Gasteiger partial charge in [-0.3, -0.25) is 0 Å². The SMILES string of the molecule is C=CCOC(=O)C1=C(C)Nc2nnnn2C1c1ccc(O)cc1. The number of carbonyl (C=O) groups is 1. The number of carbonyl (C=O) groups excluding carboxylic acids is 1. The van der Waals surface area contributed by atoms with Crippen LogP contribution in [0.1, 0.15) is 18.5 Å². The van der Waals surface area contributed by atoms with Crippen LogP contribution in [0.4, 0.5) is 5.95 Å². The van der Waals surface area contributed by atoms with Gasteiger partial charge >= 0.3 is 5.97 Å². The summed E-state index contributed by atoms with van der Waals surface area (Å²) >= 11 is 0. The van der Waals surface area contributed by atoms with E-state index < -0.39 is 12.0 Å². The molecule has 8 heteroatoms. The summed E-state index contributed by atoms with van der Waals surface area (Å²) in [6.45, 7) is 5.41. The van der Waals surface area contributed by atoms with Crippen LogP contribution in [-0.4, -0.2) is 37.9 Å². The molecule has 0 bridgehead atoms. The summed E-state index contributed by atoms with van der Waals surface area (Å²) in [5.74, 6) is 0.0890. The smallest absolute Gasteiger partial charge is 0.338 e. The minimum atomic E-state index is -0.542. The third-order valence-electron chi connectivity index (χ3n) is 3.48. The van der Waals surface area contributed by atoms with Crippen LogP contribution >= 0.6 is 0 Å². The fourth-order valence-corrected chi connectivity index (χ4v) is 2.45. The molecule has 8 nitrogen and oxygen atoms in total. The summed E-state index contributed by atoms with van der Waals surface area (Å²) in [5.41, 5.74) is 1.76. The molecule has 118 valence electrons. The third-order valence-corrected chi connectivity index (χ3v) is 3.48. The second-order valence-electron chi connectivity index (χ2n) is 4.99. The minimum absolute atomic E-state index is 0.111. The van der Waals surface area contributed by atoms with Crippen LogP contribution in [-0.2, 0) is 9.53 Å². The van der Waals surface area contributed by atoms with Crippen molar-refractivity contribution in [3.8, 4) is 5.75 Å². The first kappa shape index (κ1) is 14.8. The van der Waals surface area contributed by atoms with Crippen LogP contribution in [0.2, 0.25) is 0 Å². The number of nitrogens with one attached hydrogen (secondary N) is 1. The van der Waals surface area contributed by atoms with E-state index in [1.807, 2.05) is 0 Å². The summed E-state index contributed by atoms with van der Waals surface area (Å²) in [5, 5.41) is 24.0. The Morgan fingerprint density at radius 2 is 2.22 bits per heavy atom. The predicted molar refractivity (Wildman–Crippen MR) is 81.5 cm³/mol. The number of allylic oxidation sites excluding steroid dienone is 1. The van der Waals surface area contributed by atoms with E-state index in [1.165, 1.54) is 10.8 Å². The molecule has 0 saturated carbocycles. The Hall–Kier alpha value is -3.16. The van der Waals surface area contributed by atoms with Gasteiger partial charge in [0.05, 0.1) is 5.57 Å². The van der Waals surface area contributed by atoms with Gasteiger partial charge in [-0.2, -0.15) is 4.68 Å². The first-order valence-electron chi connectivity index (χ1n) is 6.94. The van der Waals surface area contributed by atoms with Gasteiger partial charge in [-0.15, -0.1) is 0 Å². The van der Waals surface area contributed by atoms with Crippen LogP contribution < -0.4 is 5.32 Å². The van der Waals surface area contributed by atoms with Crippen molar-refractivity contribution in [1.29, 1.82) is 0 Å². The summed E-state index contributed by atoms with van der Waals surface area (Å²) in [7, 11) is 0. The summed E-state index contributed by atoms with van der Waals surface area (Å²) in [6, 6.07) is 5.97. The summed E-state index contributed by atoms with van der Waals surface area (Å²) in [4.78, 5) is 12.5. The third kappa shape index (κ3) is 2.66. The van der Waals surface area contributed by atoms with Gasteiger partial charge in [0.25, 0.3) is 0 Å². The van der Waals surface area contributed by atoms with Crippen molar-refractivity contribution in [2.24, 2.45) is 0 Å². The Kier molecular flexibility index (Phi) is 3.80. The molecule has 1 aliphatic rings. The summed E-state index contributed by atoms with van der Waals surface area (Å²) in [6.07, 6.45) is 1.50. The van der Waals surface area contributed by atoms with Crippen molar-refractivity contribution in [3.05, 3.63) is 53.8 Å². The Morgan fingerprint density at radius 1 is 1.48 bits per heavy atom. The quantitative estimate of drug-likeness (QED) is 0.649. The van der Waals surface area contributed by atoms with Crippen molar-refractivity contribution in [2.45, 2.75) is 13.0 Å². The van der Waals surface area contributed by atoms with Gasteiger partial charge in [0.2, 0.25) is 5.95 Å². The van der Waals surface area contributed by atoms with E-state index in [0.717, 1.165) is 5.56 Å². The van der Waals surface area contributed by atoms with Gasteiger partial charge in [-0.25, -0.2) is 4.79 Å². The molecule has 0 saturated heterocycles. The standard InChI is InChI=1S/C15H15N5O3/c1-3-8-23-14(22)12-9(2)16-15-17-18-19-20(15)13(12)10-4-6-11(21)7-5-10/h3-7,13,21H,1,8H2,2H3,(H,16,17,19). The molecule has 1 atom stereocenters. The largest absolute Gasteiger partial charge is 0.508 e. The number of hydrogen-bond donors (Lipinski definition) is 2. The molecule has 23 heavy (non-hydrogen) atoms. The number of tetrazole rings is 1. The van der Waals surface area contributed by atoms with Crippen molar-refractivity contribution >= 4 is 11.9 Å². The molecular weight excluding hydrogens is 298 g/mol. The maximum atomic E-state index is 12.5. The Bertz CT molecular complexity index is 779. The Balaban J connectivity index is 2.08. The van der Waals surface area contributed by atoms with E-state index in [0.29, 0.717) is 17.2 Å². The monoisotopic (exact) mass is 313 g/mol. The van der Waals surface area contributed by atoms with E-state index in [9.17, 15) is 9.90 Å². The number of phenolic OH excluding ortho intramolecular Hbond substituents is 1. The molecule has 0 aliphatic carbocycles. The van der Waals surface area contributed by atoms with Gasteiger partial charge in [0, 0.05) is 5.70 Å². The molecule has 1 aromatic carbocycles. The molecule has 2 heterocycles. The Labute approximate surface area is 132 Å². The molecule has 1 aromatic heterocycles. The zero-order valence-electron chi connectivity index (χ0n) is 12.4. The molecule has 1 aliphatic heterocycles. The highest BCUT2D eigenvalue weighted by Gasteiger charge is 2.34. The molecule has 0 radical (unpaired) electrons. The second kappa shape index (κ2) is 5.91. The maximum absolute atomic E-state index is 12.5. The number of aromatic hydroxyl groups is 1. The minimum Gasteiger partial charge on any atom is -0.508 e. The van der Waals surface area contributed by atoms with Crippen molar-refractivity contribution in [2.75, 3.05) is 11.9 Å². The highest BCUT2D eigenvalue weighted by atomic mass is 16.5. The first-order chi connectivity index (χ1) is 11.1. The van der Waals surface area contributed by atoms with E-state index in [4.69, 9.17) is 4.74 Å². The lowest BCUT2D eigenvalue weighted by Gasteiger charge is -2.27. The molecule has 3 rings (SSSR count). The van der Waals surface area contributed by atoms with Crippen LogP contribution in [0.25, 0.3) is 0 Å². The average molecular weight is 313 g/mol. The van der Waals surface area contributed by atoms with Gasteiger partial charge in [0.15, 0.2) is 0 Å². The molecule has 0 spiro atoms. The Morgan fingerprint density at radius 3 is 2.91 bits per heavy atom. The second-order valence-corrected chi connectivity index (χ2v) is 4.99. The molecule has 0 fully saturated rings. The maximum Gasteiger partial charge on any atom is 0.338 e. The van der Waals surface area contributed by atoms with Crippen molar-refractivity contribution in [1.82, 2.24) is 20.2 Å². The fraction of sp³-hybridized carbons (Fsp3) is 0.200. The number of anilines is 1. The zero-order chi connectivity index (χ0) is 16.4. The van der Waals surface area contributed by atoms with Crippen LogP contribution in [0.3, 0.4) is 0 Å². The normalized spacial score (nSPS) is 16.5. The molecule has 2 N–H and O–H groups in total. The van der Waals surface area contributed by atoms with Gasteiger partial charge in [-0.05, 0) is 35.0 Å². The van der Waals surface area contributed by atoms with Crippen molar-refractivity contribution in [3.63, 3.8) is 0 Å². The number of hydrogen-bond acceptors (Lipinski definition) is 7. The van der Waals surface area contributed by atoms with Crippen LogP contribution in [0.5, 0.6) is 5.75 Å². The lowest BCUT2D eigenvalue weighted by molar-refractivity contribution is -0.138. The number of fused-ring (bicyclic) bond motifs is 1. The van der Waals surface area contributed by atoms with E-state index in [2.05, 4.69) is 27.4 Å². The van der Waals surface area contributed by atoms with Crippen molar-refractivity contribution < 1.29 is 14.6 Å². The highest BCUT2D eigenvalue weighted by Crippen LogP contribution is 2.35. The number of ether oxygens (including phenoxy) is 1. The number of rotatable bonds is 4. The van der Waals surface area contributed by atoms with Crippen LogP contribution in [0, 0.1) is 0 Å². The van der Waals surface area contributed by atoms with E-state index >= 15 is 0 Å². The molecule has 2 aromatic rings. The summed E-state index contributed by atoms with van der Waals surface area (Å²) < 4.78 is 6.69. The van der Waals surface area contributed by atoms with Gasteiger partial charge < -0.3 is 15.2 Å². The number of phenols is 1. The van der Waals surface area contributed by atoms with E-state index in [1.54, 1.807) is 31.2 Å². The number of esters is 1. The highest BCUT2D eigenvalue weighted by molar-refractivity contribution is 5.92. The predicted octanol–water partition coefficient (Wildman–Crippen LogP) is 1.40. The number of nitrogens with zero attached hydrogens (tertiary/aromatic N) is 4. The lowest BCUT2D eigenvalue weighted by Crippen LogP contribution is -2.29. The molecule has 0 amide bonds. The first-order valence-corrected chi connectivity index (χ1v) is 6.94. The lowest BCUT2D eigenvalue weighted by atomic mass is 9.96. The molecular formula is C15H15N5O3. The molecule has 1 unspecified atom stereocenters. The average Bonchev–Trinajstić information content (AvgIpc) is 3.00. The van der Waals surface area contributed by atoms with Gasteiger partial charge in [-0.1, -0.05) is 29.9 Å². The van der Waals surface area contributed by atoms with Crippen LogP contribution in [0.15, 0.2) is 48.2 Å². The topological polar surface area (TPSA) is 102 Å². The number of aromatic nitrogens is 4. The number of benzene rings is 1. The van der Waals surface area contributed by atoms with Gasteiger partial charge in [0.1, 0.15) is 18.4 Å². The zero-order valence-corrected chi connectivity index (χ0v) is 12.4. The van der Waals surface area contributed by atoms with E-state index in [-0.39, 0.29) is 12.4 Å². The fourth-order valence-electron chi connectivity index (χ4n) is 2.45.